The van der Waals surface area contributed by atoms with Crippen molar-refractivity contribution >= 4 is 27.7 Å². The average Bonchev–Trinajstić information content (AvgIpc) is 2.49. The number of ether oxygens (including phenoxy) is 1. The van der Waals surface area contributed by atoms with E-state index in [1.165, 1.54) is 6.07 Å². The summed E-state index contributed by atoms with van der Waals surface area (Å²) in [5.74, 6) is -3.52. The first-order chi connectivity index (χ1) is 10.7. The average molecular weight is 363 g/mol. The second-order valence-electron chi connectivity index (χ2n) is 4.25. The molecule has 2 aromatic carbocycles. The molecule has 0 aliphatic carbocycles. The van der Waals surface area contributed by atoms with E-state index in [-0.39, 0.29) is 10.6 Å². The molecule has 2 aromatic rings. The van der Waals surface area contributed by atoms with E-state index in [0.29, 0.717) is 6.07 Å². The molecule has 5 nitrogen and oxygen atoms in total. The van der Waals surface area contributed by atoms with Gasteiger partial charge >= 0.3 is 16.1 Å². The van der Waals surface area contributed by atoms with Crippen molar-refractivity contribution in [3.63, 3.8) is 0 Å². The summed E-state index contributed by atoms with van der Waals surface area (Å²) in [6, 6.07) is 5.58. The fourth-order valence-electron chi connectivity index (χ4n) is 1.65. The molecule has 0 unspecified atom stereocenters. The van der Waals surface area contributed by atoms with Gasteiger partial charge in [-0.05, 0) is 30.3 Å². The summed E-state index contributed by atoms with van der Waals surface area (Å²) in [4.78, 5) is 10.9. The van der Waals surface area contributed by atoms with E-state index >= 15 is 0 Å². The van der Waals surface area contributed by atoms with Gasteiger partial charge in [0.15, 0.2) is 11.6 Å². The van der Waals surface area contributed by atoms with Gasteiger partial charge < -0.3 is 8.92 Å². The minimum absolute atomic E-state index is 0.0456. The minimum Gasteiger partial charge on any atom is -0.465 e. The van der Waals surface area contributed by atoms with Crippen LogP contribution in [-0.4, -0.2) is 21.5 Å². The summed E-state index contributed by atoms with van der Waals surface area (Å²) >= 11 is 5.84. The lowest BCUT2D eigenvalue weighted by molar-refractivity contribution is 0.0600. The van der Waals surface area contributed by atoms with Crippen LogP contribution >= 0.6 is 11.6 Å². The van der Waals surface area contributed by atoms with E-state index in [1.807, 2.05) is 0 Å². The van der Waals surface area contributed by atoms with Crippen molar-refractivity contribution in [2.75, 3.05) is 7.11 Å². The zero-order valence-electron chi connectivity index (χ0n) is 11.5. The standard InChI is InChI=1S/C14H9ClF2O5S/c1-21-14(18)8-2-5-13(10(15)6-8)23(19,20)22-9-3-4-11(16)12(17)7-9/h2-7H,1H3. The van der Waals surface area contributed by atoms with E-state index in [4.69, 9.17) is 15.8 Å². The molecule has 0 spiro atoms. The predicted molar refractivity (Wildman–Crippen MR) is 77.0 cm³/mol. The molecule has 0 bridgehead atoms. The molecule has 9 heteroatoms. The molecule has 0 atom stereocenters. The zero-order chi connectivity index (χ0) is 17.2. The number of esters is 1. The molecule has 0 heterocycles. The van der Waals surface area contributed by atoms with Gasteiger partial charge in [0.1, 0.15) is 10.6 Å². The van der Waals surface area contributed by atoms with Gasteiger partial charge in [-0.25, -0.2) is 13.6 Å². The second-order valence-corrected chi connectivity index (χ2v) is 6.17. The molecular formula is C14H9ClF2O5S. The second kappa shape index (κ2) is 6.51. The normalized spacial score (nSPS) is 11.1. The van der Waals surface area contributed by atoms with E-state index in [1.54, 1.807) is 0 Å². The lowest BCUT2D eigenvalue weighted by Crippen LogP contribution is -2.11. The molecule has 0 radical (unpaired) electrons. The maximum Gasteiger partial charge on any atom is 0.340 e. The maximum atomic E-state index is 13.1. The largest absolute Gasteiger partial charge is 0.465 e. The minimum atomic E-state index is -4.40. The Balaban J connectivity index is 2.36. The van der Waals surface area contributed by atoms with E-state index in [9.17, 15) is 22.0 Å². The topological polar surface area (TPSA) is 69.7 Å². The smallest absolute Gasteiger partial charge is 0.340 e. The van der Waals surface area contributed by atoms with Crippen molar-refractivity contribution in [3.8, 4) is 5.75 Å². The maximum absolute atomic E-state index is 13.1. The molecular weight excluding hydrogens is 354 g/mol. The van der Waals surface area contributed by atoms with Crippen LogP contribution in [0.15, 0.2) is 41.3 Å². The Morgan fingerprint density at radius 1 is 1.09 bits per heavy atom. The fourth-order valence-corrected chi connectivity index (χ4v) is 3.09. The first kappa shape index (κ1) is 17.2. The molecule has 0 saturated carbocycles. The highest BCUT2D eigenvalue weighted by atomic mass is 35.5. The third-order valence-electron chi connectivity index (χ3n) is 2.72. The highest BCUT2D eigenvalue weighted by molar-refractivity contribution is 7.87. The highest BCUT2D eigenvalue weighted by Gasteiger charge is 2.22. The van der Waals surface area contributed by atoms with Crippen LogP contribution in [0.2, 0.25) is 5.02 Å². The summed E-state index contributed by atoms with van der Waals surface area (Å²) in [5, 5.41) is -0.282. The first-order valence-electron chi connectivity index (χ1n) is 6.02. The summed E-state index contributed by atoms with van der Waals surface area (Å²) in [6.07, 6.45) is 0. The van der Waals surface area contributed by atoms with Crippen molar-refractivity contribution in [1.29, 1.82) is 0 Å². The van der Waals surface area contributed by atoms with Gasteiger partial charge in [0.25, 0.3) is 0 Å². The van der Waals surface area contributed by atoms with Crippen molar-refractivity contribution in [3.05, 3.63) is 58.6 Å². The number of hydrogen-bond donors (Lipinski definition) is 0. The Hall–Kier alpha value is -2.19. The number of halogens is 3. The van der Waals surface area contributed by atoms with Crippen LogP contribution < -0.4 is 4.18 Å². The van der Waals surface area contributed by atoms with E-state index in [0.717, 1.165) is 31.4 Å². The number of benzene rings is 2. The lowest BCUT2D eigenvalue weighted by Gasteiger charge is -2.09. The van der Waals surface area contributed by atoms with Gasteiger partial charge in [-0.3, -0.25) is 0 Å². The molecule has 0 aliphatic heterocycles. The molecule has 23 heavy (non-hydrogen) atoms. The zero-order valence-corrected chi connectivity index (χ0v) is 13.1. The molecule has 0 saturated heterocycles. The Morgan fingerprint density at radius 2 is 1.78 bits per heavy atom. The fraction of sp³-hybridized carbons (Fsp3) is 0.0714. The van der Waals surface area contributed by atoms with Gasteiger partial charge in [-0.15, -0.1) is 0 Å². The summed E-state index contributed by atoms with van der Waals surface area (Å²) in [6.45, 7) is 0. The van der Waals surface area contributed by atoms with Crippen molar-refractivity contribution in [2.24, 2.45) is 0 Å². The van der Waals surface area contributed by atoms with Crippen molar-refractivity contribution in [1.82, 2.24) is 0 Å². The number of carbonyl (C=O) groups excluding carboxylic acids is 1. The van der Waals surface area contributed by atoms with Crippen molar-refractivity contribution < 1.29 is 30.9 Å². The summed E-state index contributed by atoms with van der Waals surface area (Å²) < 4.78 is 59.4. The van der Waals surface area contributed by atoms with Crippen LogP contribution in [0.1, 0.15) is 10.4 Å². The van der Waals surface area contributed by atoms with Crippen molar-refractivity contribution in [2.45, 2.75) is 4.90 Å². The van der Waals surface area contributed by atoms with Gasteiger partial charge in [-0.2, -0.15) is 8.42 Å². The molecule has 0 aliphatic rings. The SMILES string of the molecule is COC(=O)c1ccc(S(=O)(=O)Oc2ccc(F)c(F)c2)c(Cl)c1. The van der Waals surface area contributed by atoms with Crippen LogP contribution in [0.3, 0.4) is 0 Å². The Kier molecular flexibility index (Phi) is 4.86. The third kappa shape index (κ3) is 3.77. The van der Waals surface area contributed by atoms with E-state index < -0.39 is 38.4 Å². The number of methoxy groups -OCH3 is 1. The quantitative estimate of drug-likeness (QED) is 0.617. The first-order valence-corrected chi connectivity index (χ1v) is 7.80. The van der Waals surface area contributed by atoms with Gasteiger partial charge in [0.2, 0.25) is 0 Å². The van der Waals surface area contributed by atoms with Gasteiger partial charge in [0.05, 0.1) is 17.7 Å². The van der Waals surface area contributed by atoms with Crippen LogP contribution in [-0.2, 0) is 14.9 Å². The molecule has 0 fully saturated rings. The number of hydrogen-bond acceptors (Lipinski definition) is 5. The number of rotatable bonds is 4. The highest BCUT2D eigenvalue weighted by Crippen LogP contribution is 2.27. The number of carbonyl (C=O) groups is 1. The van der Waals surface area contributed by atoms with Gasteiger partial charge in [-0.1, -0.05) is 11.6 Å². The van der Waals surface area contributed by atoms with Gasteiger partial charge in [0, 0.05) is 6.07 Å². The third-order valence-corrected chi connectivity index (χ3v) is 4.45. The van der Waals surface area contributed by atoms with Crippen LogP contribution in [0, 0.1) is 11.6 Å². The summed E-state index contributed by atoms with van der Waals surface area (Å²) in [5.41, 5.74) is 0.0456. The molecule has 0 N–H and O–H groups in total. The molecule has 0 amide bonds. The lowest BCUT2D eigenvalue weighted by atomic mass is 10.2. The van der Waals surface area contributed by atoms with E-state index in [2.05, 4.69) is 4.74 Å². The Bertz CT molecular complexity index is 867. The Morgan fingerprint density at radius 3 is 2.35 bits per heavy atom. The monoisotopic (exact) mass is 362 g/mol. The summed E-state index contributed by atoms with van der Waals surface area (Å²) in [7, 11) is -3.24. The van der Waals surface area contributed by atoms with Crippen LogP contribution in [0.4, 0.5) is 8.78 Å². The molecule has 0 aromatic heterocycles. The van der Waals surface area contributed by atoms with Crippen LogP contribution in [0.5, 0.6) is 5.75 Å². The molecule has 122 valence electrons. The van der Waals surface area contributed by atoms with Crippen LogP contribution in [0.25, 0.3) is 0 Å². The predicted octanol–water partition coefficient (Wildman–Crippen LogP) is 3.17. The molecule has 2 rings (SSSR count). The Labute approximate surface area is 135 Å².